The predicted octanol–water partition coefficient (Wildman–Crippen LogP) is 20.9. The smallest absolute Gasteiger partial charge is 0.306 e. The van der Waals surface area contributed by atoms with Crippen LogP contribution >= 0.6 is 0 Å². The van der Waals surface area contributed by atoms with Gasteiger partial charge in [-0.15, -0.1) is 0 Å². The summed E-state index contributed by atoms with van der Waals surface area (Å²) in [7, 11) is 0. The largest absolute Gasteiger partial charge is 0.462 e. The van der Waals surface area contributed by atoms with Gasteiger partial charge in [0.25, 0.3) is 0 Å². The Hall–Kier alpha value is -5.49. The first kappa shape index (κ1) is 71.5. The molecule has 428 valence electrons. The van der Waals surface area contributed by atoms with Crippen LogP contribution in [0, 0.1) is 0 Å². The van der Waals surface area contributed by atoms with E-state index in [2.05, 4.69) is 203 Å². The number of rotatable bonds is 52. The lowest BCUT2D eigenvalue weighted by atomic mass is 10.1. The molecule has 0 saturated heterocycles. The Morgan fingerprint density at radius 1 is 0.273 bits per heavy atom. The number of ether oxygens (including phenoxy) is 3. The summed E-state index contributed by atoms with van der Waals surface area (Å²) in [4.78, 5) is 37.9. The van der Waals surface area contributed by atoms with Gasteiger partial charge in [0, 0.05) is 19.3 Å². The van der Waals surface area contributed by atoms with E-state index in [0.717, 1.165) is 180 Å². The highest BCUT2D eigenvalue weighted by Gasteiger charge is 2.19. The van der Waals surface area contributed by atoms with Crippen molar-refractivity contribution >= 4 is 17.9 Å². The molecule has 1 unspecified atom stereocenters. The van der Waals surface area contributed by atoms with Crippen LogP contribution in [0.3, 0.4) is 0 Å². The van der Waals surface area contributed by atoms with Crippen molar-refractivity contribution in [2.24, 2.45) is 0 Å². The van der Waals surface area contributed by atoms with Crippen molar-refractivity contribution in [2.75, 3.05) is 13.2 Å². The van der Waals surface area contributed by atoms with Crippen LogP contribution in [-0.4, -0.2) is 37.2 Å². The van der Waals surface area contributed by atoms with E-state index in [-0.39, 0.29) is 44.0 Å². The second-order valence-corrected chi connectivity index (χ2v) is 19.1. The quantitative estimate of drug-likeness (QED) is 0.0261. The molecule has 77 heavy (non-hydrogen) atoms. The van der Waals surface area contributed by atoms with Gasteiger partial charge in [0.2, 0.25) is 0 Å². The maximum atomic E-state index is 12.8. The van der Waals surface area contributed by atoms with Gasteiger partial charge < -0.3 is 14.2 Å². The van der Waals surface area contributed by atoms with E-state index in [0.29, 0.717) is 12.8 Å². The lowest BCUT2D eigenvalue weighted by Crippen LogP contribution is -2.30. The summed E-state index contributed by atoms with van der Waals surface area (Å²) in [5, 5.41) is 0. The fourth-order valence-corrected chi connectivity index (χ4v) is 7.44. The maximum Gasteiger partial charge on any atom is 0.306 e. The van der Waals surface area contributed by atoms with Crippen LogP contribution in [0.25, 0.3) is 0 Å². The minimum atomic E-state index is -0.814. The number of esters is 3. The first-order chi connectivity index (χ1) is 38.0. The van der Waals surface area contributed by atoms with Gasteiger partial charge >= 0.3 is 17.9 Å². The number of allylic oxidation sites excluding steroid dienone is 30. The molecule has 0 aromatic heterocycles. The number of carbonyl (C=O) groups is 3. The molecule has 0 aromatic rings. The molecule has 0 radical (unpaired) electrons. The van der Waals surface area contributed by atoms with E-state index < -0.39 is 6.10 Å². The molecule has 0 heterocycles. The monoisotopic (exact) mass is 1060 g/mol. The van der Waals surface area contributed by atoms with E-state index in [4.69, 9.17) is 14.2 Å². The second-order valence-electron chi connectivity index (χ2n) is 19.1. The van der Waals surface area contributed by atoms with E-state index in [1.807, 2.05) is 0 Å². The molecule has 0 bridgehead atoms. The third-order valence-electron chi connectivity index (χ3n) is 11.9. The highest BCUT2D eigenvalue weighted by molar-refractivity contribution is 5.71. The van der Waals surface area contributed by atoms with Gasteiger partial charge in [-0.2, -0.15) is 0 Å². The van der Waals surface area contributed by atoms with Crippen LogP contribution < -0.4 is 0 Å². The maximum absolute atomic E-state index is 12.8. The Morgan fingerprint density at radius 2 is 0.506 bits per heavy atom. The van der Waals surface area contributed by atoms with Gasteiger partial charge in [0.1, 0.15) is 13.2 Å². The molecule has 0 amide bonds. The average molecular weight is 1060 g/mol. The van der Waals surface area contributed by atoms with Crippen LogP contribution in [0.2, 0.25) is 0 Å². The second kappa shape index (κ2) is 63.0. The first-order valence-corrected chi connectivity index (χ1v) is 30.3. The SMILES string of the molecule is CC/C=C\C/C=C\C/C=C\C/C=C\C/C=C\C/C=C\C/C=C\C/C=C\CCCCC(=O)OCC(COC(=O)CCCCCCC)OC(=O)CCCCCCC/C=C\C/C=C\C/C=C\C/C=C\C/C=C\C/C=C\C/C=C\CC. The Kier molecular flexibility index (Phi) is 58.6. The molecule has 0 aliphatic carbocycles. The average Bonchev–Trinajstić information content (AvgIpc) is 3.43. The normalized spacial score (nSPS) is 13.4. The Balaban J connectivity index is 4.28. The van der Waals surface area contributed by atoms with E-state index in [1.165, 1.54) is 0 Å². The molecule has 0 aliphatic heterocycles. The summed E-state index contributed by atoms with van der Waals surface area (Å²) in [5.41, 5.74) is 0. The van der Waals surface area contributed by atoms with Crippen molar-refractivity contribution in [3.8, 4) is 0 Å². The highest BCUT2D eigenvalue weighted by atomic mass is 16.6. The molecule has 0 aliphatic rings. The molecule has 0 spiro atoms. The summed E-state index contributed by atoms with van der Waals surface area (Å²) in [6.45, 7) is 6.25. The fraction of sp³-hybridized carbons (Fsp3) is 0.535. The summed E-state index contributed by atoms with van der Waals surface area (Å²) in [5.74, 6) is -1.00. The fourth-order valence-electron chi connectivity index (χ4n) is 7.44. The standard InChI is InChI=1S/C71H108O6/c1-4-7-10-13-15-17-19-21-23-25-27-29-31-33-35-37-39-41-43-45-47-49-51-53-55-58-61-64-70(73)76-67-68(66-75-69(72)63-60-57-12-9-6-3)77-71(74)65-62-59-56-54-52-50-48-46-44-42-40-38-36-34-32-30-28-26-24-22-20-18-16-14-11-8-5-2/h7-8,10-11,15-18,21-24,27-30,33-36,39-42,45-48,51,53,68H,4-6,9,12-14,19-20,25-26,31-32,37-38,43-44,49-50,52,54-67H2,1-3H3/b10-7-,11-8-,17-15-,18-16-,23-21-,24-22-,29-27-,30-28-,35-33-,36-34-,41-39-,42-40-,47-45-,48-46-,53-51-. The van der Waals surface area contributed by atoms with Crippen molar-refractivity contribution in [3.63, 3.8) is 0 Å². The van der Waals surface area contributed by atoms with Crippen LogP contribution in [-0.2, 0) is 28.6 Å². The van der Waals surface area contributed by atoms with Gasteiger partial charge in [-0.3, -0.25) is 14.4 Å². The minimum absolute atomic E-state index is 0.110. The molecule has 0 saturated carbocycles. The van der Waals surface area contributed by atoms with Crippen LogP contribution in [0.5, 0.6) is 0 Å². The lowest BCUT2D eigenvalue weighted by Gasteiger charge is -2.18. The van der Waals surface area contributed by atoms with Crippen molar-refractivity contribution in [1.29, 1.82) is 0 Å². The first-order valence-electron chi connectivity index (χ1n) is 30.3. The number of unbranched alkanes of at least 4 members (excludes halogenated alkanes) is 11. The highest BCUT2D eigenvalue weighted by Crippen LogP contribution is 2.12. The third-order valence-corrected chi connectivity index (χ3v) is 11.9. The number of carbonyl (C=O) groups excluding carboxylic acids is 3. The Labute approximate surface area is 472 Å². The van der Waals surface area contributed by atoms with Gasteiger partial charge in [-0.1, -0.05) is 248 Å². The molecule has 0 N–H and O–H groups in total. The van der Waals surface area contributed by atoms with Crippen LogP contribution in [0.1, 0.15) is 226 Å². The number of hydrogen-bond donors (Lipinski definition) is 0. The zero-order valence-electron chi connectivity index (χ0n) is 48.9. The van der Waals surface area contributed by atoms with Crippen molar-refractivity contribution in [3.05, 3.63) is 182 Å². The zero-order chi connectivity index (χ0) is 55.7. The van der Waals surface area contributed by atoms with Gasteiger partial charge in [0.05, 0.1) is 0 Å². The topological polar surface area (TPSA) is 78.9 Å². The molecule has 6 nitrogen and oxygen atoms in total. The van der Waals surface area contributed by atoms with Crippen molar-refractivity contribution in [1.82, 2.24) is 0 Å². The number of hydrogen-bond acceptors (Lipinski definition) is 6. The molecule has 0 fully saturated rings. The minimum Gasteiger partial charge on any atom is -0.462 e. The van der Waals surface area contributed by atoms with Crippen LogP contribution in [0.15, 0.2) is 182 Å². The summed E-state index contributed by atoms with van der Waals surface area (Å²) in [6, 6.07) is 0. The molecular weight excluding hydrogens is 949 g/mol. The Bertz CT molecular complexity index is 1840. The summed E-state index contributed by atoms with van der Waals surface area (Å²) < 4.78 is 16.7. The third kappa shape index (κ3) is 61.2. The molecular formula is C71H108O6. The van der Waals surface area contributed by atoms with Gasteiger partial charge in [-0.05, 0) is 141 Å². The molecule has 0 aromatic carbocycles. The van der Waals surface area contributed by atoms with Crippen molar-refractivity contribution in [2.45, 2.75) is 232 Å². The lowest BCUT2D eigenvalue weighted by molar-refractivity contribution is -0.167. The zero-order valence-corrected chi connectivity index (χ0v) is 48.9. The van der Waals surface area contributed by atoms with Crippen molar-refractivity contribution < 1.29 is 28.6 Å². The van der Waals surface area contributed by atoms with Gasteiger partial charge in [0.15, 0.2) is 6.10 Å². The summed E-state index contributed by atoms with van der Waals surface area (Å²) in [6.07, 6.45) is 95.0. The molecule has 0 rings (SSSR count). The molecule has 6 heteroatoms. The summed E-state index contributed by atoms with van der Waals surface area (Å²) >= 11 is 0. The van der Waals surface area contributed by atoms with Crippen LogP contribution in [0.4, 0.5) is 0 Å². The van der Waals surface area contributed by atoms with E-state index in [9.17, 15) is 14.4 Å². The van der Waals surface area contributed by atoms with E-state index in [1.54, 1.807) is 0 Å². The van der Waals surface area contributed by atoms with E-state index >= 15 is 0 Å². The molecule has 1 atom stereocenters. The predicted molar refractivity (Wildman–Crippen MR) is 334 cm³/mol. The Morgan fingerprint density at radius 3 is 0.818 bits per heavy atom. The van der Waals surface area contributed by atoms with Gasteiger partial charge in [-0.25, -0.2) is 0 Å².